The monoisotopic (exact) mass is 295 g/mol. The lowest BCUT2D eigenvalue weighted by molar-refractivity contribution is 0.315. The van der Waals surface area contributed by atoms with Gasteiger partial charge in [-0.25, -0.2) is 0 Å². The third-order valence-corrected chi connectivity index (χ3v) is 4.35. The Morgan fingerprint density at radius 3 is 2.70 bits per heavy atom. The molecule has 1 aliphatic heterocycles. The number of hydrogen-bond donors (Lipinski definition) is 1. The molecule has 112 valence electrons. The van der Waals surface area contributed by atoms with E-state index in [2.05, 4.69) is 61.3 Å². The van der Waals surface area contributed by atoms with E-state index in [-0.39, 0.29) is 0 Å². The van der Waals surface area contributed by atoms with Crippen LogP contribution >= 0.6 is 11.6 Å². The van der Waals surface area contributed by atoms with Crippen LogP contribution in [-0.4, -0.2) is 44.2 Å². The number of benzene rings is 1. The van der Waals surface area contributed by atoms with Gasteiger partial charge in [0.15, 0.2) is 0 Å². The van der Waals surface area contributed by atoms with Gasteiger partial charge in [0.05, 0.1) is 0 Å². The van der Waals surface area contributed by atoms with Gasteiger partial charge < -0.3 is 15.1 Å². The molecule has 4 heteroatoms. The Balaban J connectivity index is 2.02. The lowest BCUT2D eigenvalue weighted by Crippen LogP contribution is -2.31. The molecule has 2 rings (SSSR count). The normalized spacial score (nSPS) is 19.4. The summed E-state index contributed by atoms with van der Waals surface area (Å²) in [5.74, 6) is 0. The number of anilines is 1. The van der Waals surface area contributed by atoms with Gasteiger partial charge in [0.25, 0.3) is 0 Å². The molecule has 0 radical (unpaired) electrons. The number of halogens is 1. The Bertz CT molecular complexity index is 445. The van der Waals surface area contributed by atoms with Crippen LogP contribution in [0.15, 0.2) is 18.2 Å². The second kappa shape index (κ2) is 6.79. The summed E-state index contributed by atoms with van der Waals surface area (Å²) in [5, 5.41) is 4.27. The molecule has 1 fully saturated rings. The molecule has 0 bridgehead atoms. The van der Waals surface area contributed by atoms with Crippen molar-refractivity contribution >= 4 is 17.3 Å². The molecular weight excluding hydrogens is 270 g/mol. The lowest BCUT2D eigenvalue weighted by atomic mass is 10.2. The SMILES string of the molecule is CC(C)NCc1ccc(N2CCC(N(C)C)C2)cc1Cl. The Morgan fingerprint density at radius 2 is 2.15 bits per heavy atom. The molecule has 1 aromatic rings. The third-order valence-electron chi connectivity index (χ3n) is 4.00. The van der Waals surface area contributed by atoms with Crippen LogP contribution < -0.4 is 10.2 Å². The van der Waals surface area contributed by atoms with Crippen molar-refractivity contribution in [3.63, 3.8) is 0 Å². The predicted octanol–water partition coefficient (Wildman–Crippen LogP) is 2.98. The van der Waals surface area contributed by atoms with Crippen molar-refractivity contribution < 1.29 is 0 Å². The molecular formula is C16H26ClN3. The summed E-state index contributed by atoms with van der Waals surface area (Å²) in [6, 6.07) is 7.58. The maximum Gasteiger partial charge on any atom is 0.0471 e. The summed E-state index contributed by atoms with van der Waals surface area (Å²) in [6.45, 7) is 7.33. The molecule has 3 nitrogen and oxygen atoms in total. The molecule has 0 amide bonds. The minimum atomic E-state index is 0.477. The van der Waals surface area contributed by atoms with Gasteiger partial charge in [-0.2, -0.15) is 0 Å². The molecule has 20 heavy (non-hydrogen) atoms. The average molecular weight is 296 g/mol. The first-order valence-electron chi connectivity index (χ1n) is 7.40. The minimum Gasteiger partial charge on any atom is -0.370 e. The van der Waals surface area contributed by atoms with Gasteiger partial charge in [-0.1, -0.05) is 31.5 Å². The molecule has 1 unspecified atom stereocenters. The maximum atomic E-state index is 6.41. The number of likely N-dealkylation sites (N-methyl/N-ethyl adjacent to an activating group) is 1. The van der Waals surface area contributed by atoms with Gasteiger partial charge in [-0.05, 0) is 38.2 Å². The molecule has 1 heterocycles. The van der Waals surface area contributed by atoms with Crippen molar-refractivity contribution in [1.29, 1.82) is 0 Å². The van der Waals surface area contributed by atoms with Gasteiger partial charge in [0.2, 0.25) is 0 Å². The van der Waals surface area contributed by atoms with Crippen LogP contribution in [0.25, 0.3) is 0 Å². The van der Waals surface area contributed by atoms with Crippen LogP contribution in [0, 0.1) is 0 Å². The largest absolute Gasteiger partial charge is 0.370 e. The molecule has 0 saturated carbocycles. The first-order valence-corrected chi connectivity index (χ1v) is 7.78. The van der Waals surface area contributed by atoms with Gasteiger partial charge in [0.1, 0.15) is 0 Å². The third kappa shape index (κ3) is 3.87. The molecule has 1 atom stereocenters. The van der Waals surface area contributed by atoms with Gasteiger partial charge in [0, 0.05) is 42.4 Å². The van der Waals surface area contributed by atoms with Gasteiger partial charge in [-0.15, -0.1) is 0 Å². The van der Waals surface area contributed by atoms with E-state index in [0.717, 1.165) is 24.7 Å². The highest BCUT2D eigenvalue weighted by Gasteiger charge is 2.24. The van der Waals surface area contributed by atoms with Gasteiger partial charge >= 0.3 is 0 Å². The van der Waals surface area contributed by atoms with E-state index in [4.69, 9.17) is 11.6 Å². The van der Waals surface area contributed by atoms with E-state index >= 15 is 0 Å². The van der Waals surface area contributed by atoms with E-state index < -0.39 is 0 Å². The van der Waals surface area contributed by atoms with Crippen molar-refractivity contribution in [2.45, 2.75) is 38.9 Å². The van der Waals surface area contributed by atoms with E-state index in [0.29, 0.717) is 12.1 Å². The van der Waals surface area contributed by atoms with E-state index in [1.807, 2.05) is 0 Å². The highest BCUT2D eigenvalue weighted by atomic mass is 35.5. The van der Waals surface area contributed by atoms with E-state index in [1.165, 1.54) is 17.7 Å². The first-order chi connectivity index (χ1) is 9.47. The smallest absolute Gasteiger partial charge is 0.0471 e. The Kier molecular flexibility index (Phi) is 5.30. The average Bonchev–Trinajstić information content (AvgIpc) is 2.86. The maximum absolute atomic E-state index is 6.41. The summed E-state index contributed by atoms with van der Waals surface area (Å²) < 4.78 is 0. The van der Waals surface area contributed by atoms with Crippen LogP contribution in [0.2, 0.25) is 5.02 Å². The Labute approximate surface area is 127 Å². The second-order valence-electron chi connectivity index (χ2n) is 6.16. The molecule has 0 aromatic heterocycles. The van der Waals surface area contributed by atoms with E-state index in [9.17, 15) is 0 Å². The zero-order chi connectivity index (χ0) is 14.7. The summed E-state index contributed by atoms with van der Waals surface area (Å²) in [7, 11) is 4.31. The zero-order valence-electron chi connectivity index (χ0n) is 13.0. The van der Waals surface area contributed by atoms with Crippen molar-refractivity contribution in [1.82, 2.24) is 10.2 Å². The van der Waals surface area contributed by atoms with Gasteiger partial charge in [-0.3, -0.25) is 0 Å². The first kappa shape index (κ1) is 15.6. The molecule has 1 aliphatic rings. The van der Waals surface area contributed by atoms with Crippen molar-refractivity contribution in [3.8, 4) is 0 Å². The van der Waals surface area contributed by atoms with Crippen LogP contribution in [0.5, 0.6) is 0 Å². The fraction of sp³-hybridized carbons (Fsp3) is 0.625. The predicted molar refractivity (Wildman–Crippen MR) is 87.7 cm³/mol. The van der Waals surface area contributed by atoms with Crippen molar-refractivity contribution in [2.24, 2.45) is 0 Å². The summed E-state index contributed by atoms with van der Waals surface area (Å²) in [6.07, 6.45) is 1.22. The number of hydrogen-bond acceptors (Lipinski definition) is 3. The fourth-order valence-corrected chi connectivity index (χ4v) is 2.83. The number of nitrogens with zero attached hydrogens (tertiary/aromatic N) is 2. The fourth-order valence-electron chi connectivity index (χ4n) is 2.59. The summed E-state index contributed by atoms with van der Waals surface area (Å²) in [4.78, 5) is 4.73. The minimum absolute atomic E-state index is 0.477. The van der Waals surface area contributed by atoms with Crippen molar-refractivity contribution in [2.75, 3.05) is 32.1 Å². The van der Waals surface area contributed by atoms with E-state index in [1.54, 1.807) is 0 Å². The van der Waals surface area contributed by atoms with Crippen LogP contribution in [0.1, 0.15) is 25.8 Å². The summed E-state index contributed by atoms with van der Waals surface area (Å²) in [5.41, 5.74) is 2.42. The Hall–Kier alpha value is -0.770. The molecule has 0 spiro atoms. The molecule has 1 aromatic carbocycles. The van der Waals surface area contributed by atoms with Crippen LogP contribution in [0.3, 0.4) is 0 Å². The van der Waals surface area contributed by atoms with Crippen LogP contribution in [-0.2, 0) is 6.54 Å². The van der Waals surface area contributed by atoms with Crippen LogP contribution in [0.4, 0.5) is 5.69 Å². The molecule has 1 N–H and O–H groups in total. The Morgan fingerprint density at radius 1 is 1.40 bits per heavy atom. The number of rotatable bonds is 5. The summed E-state index contributed by atoms with van der Waals surface area (Å²) >= 11 is 6.41. The lowest BCUT2D eigenvalue weighted by Gasteiger charge is -2.22. The molecule has 1 saturated heterocycles. The quantitative estimate of drug-likeness (QED) is 0.901. The highest BCUT2D eigenvalue weighted by Crippen LogP contribution is 2.27. The second-order valence-corrected chi connectivity index (χ2v) is 6.57. The highest BCUT2D eigenvalue weighted by molar-refractivity contribution is 6.31. The standard InChI is InChI=1S/C16H26ClN3/c1-12(2)18-10-13-5-6-14(9-16(13)17)20-8-7-15(11-20)19(3)4/h5-6,9,12,15,18H,7-8,10-11H2,1-4H3. The molecule has 0 aliphatic carbocycles. The topological polar surface area (TPSA) is 18.5 Å². The number of nitrogens with one attached hydrogen (secondary N) is 1. The van der Waals surface area contributed by atoms with Crippen molar-refractivity contribution in [3.05, 3.63) is 28.8 Å². The zero-order valence-corrected chi connectivity index (χ0v) is 13.7.